The Hall–Kier alpha value is -3.67. The van der Waals surface area contributed by atoms with E-state index in [9.17, 15) is 9.59 Å². The van der Waals surface area contributed by atoms with Crippen LogP contribution in [-0.2, 0) is 4.79 Å². The number of nitrogens with zero attached hydrogens (tertiary/aromatic N) is 1. The Morgan fingerprint density at radius 1 is 0.964 bits per heavy atom. The highest BCUT2D eigenvalue weighted by Gasteiger charge is 2.09. The second-order valence-corrected chi connectivity index (χ2v) is 6.28. The van der Waals surface area contributed by atoms with Crippen molar-refractivity contribution in [3.8, 4) is 5.75 Å². The first-order valence-electron chi connectivity index (χ1n) is 8.82. The predicted molar refractivity (Wildman–Crippen MR) is 111 cm³/mol. The monoisotopic (exact) mass is 375 g/mol. The lowest BCUT2D eigenvalue weighted by molar-refractivity contribution is -0.115. The van der Waals surface area contributed by atoms with Gasteiger partial charge in [-0.25, -0.2) is 5.43 Å². The first-order chi connectivity index (χ1) is 13.6. The van der Waals surface area contributed by atoms with Crippen molar-refractivity contribution >= 4 is 34.0 Å². The third-order valence-corrected chi connectivity index (χ3v) is 4.16. The van der Waals surface area contributed by atoms with Crippen molar-refractivity contribution in [2.45, 2.75) is 13.3 Å². The van der Waals surface area contributed by atoms with E-state index < -0.39 is 0 Å². The highest BCUT2D eigenvalue weighted by atomic mass is 16.5. The maximum Gasteiger partial charge on any atom is 0.271 e. The van der Waals surface area contributed by atoms with E-state index in [0.717, 1.165) is 10.8 Å². The summed E-state index contributed by atoms with van der Waals surface area (Å²) in [6, 6.07) is 20.4. The van der Waals surface area contributed by atoms with Crippen LogP contribution in [0.2, 0.25) is 0 Å². The third-order valence-electron chi connectivity index (χ3n) is 4.16. The molecule has 2 amide bonds. The maximum absolute atomic E-state index is 12.3. The zero-order chi connectivity index (χ0) is 19.9. The van der Waals surface area contributed by atoms with E-state index in [1.54, 1.807) is 32.2 Å². The molecule has 2 N–H and O–H groups in total. The van der Waals surface area contributed by atoms with Gasteiger partial charge in [0.15, 0.2) is 0 Å². The summed E-state index contributed by atoms with van der Waals surface area (Å²) in [7, 11) is 1.54. The number of ether oxygens (including phenoxy) is 1. The minimum atomic E-state index is -0.324. The number of benzene rings is 3. The van der Waals surface area contributed by atoms with Crippen molar-refractivity contribution in [3.63, 3.8) is 0 Å². The average Bonchev–Trinajstić information content (AvgIpc) is 2.72. The molecule has 0 atom stereocenters. The molecule has 0 saturated carbocycles. The lowest BCUT2D eigenvalue weighted by Crippen LogP contribution is -2.21. The van der Waals surface area contributed by atoms with Gasteiger partial charge in [-0.1, -0.05) is 42.5 Å². The number of para-hydroxylation sites is 2. The molecule has 0 bridgehead atoms. The summed E-state index contributed by atoms with van der Waals surface area (Å²) in [6.45, 7) is 1.68. The normalized spacial score (nSPS) is 11.1. The Bertz CT molecular complexity index is 1040. The molecular weight excluding hydrogens is 354 g/mol. The van der Waals surface area contributed by atoms with Gasteiger partial charge in [0.05, 0.1) is 19.2 Å². The van der Waals surface area contributed by atoms with Crippen molar-refractivity contribution in [1.29, 1.82) is 0 Å². The van der Waals surface area contributed by atoms with Crippen molar-refractivity contribution in [1.82, 2.24) is 5.43 Å². The molecule has 0 aliphatic heterocycles. The van der Waals surface area contributed by atoms with Gasteiger partial charge in [-0.05, 0) is 42.0 Å². The number of carbonyl (C=O) groups excluding carboxylic acids is 2. The fourth-order valence-corrected chi connectivity index (χ4v) is 2.76. The minimum absolute atomic E-state index is 0.0516. The van der Waals surface area contributed by atoms with Crippen LogP contribution in [0.4, 0.5) is 5.69 Å². The molecular formula is C22H21N3O3. The van der Waals surface area contributed by atoms with E-state index in [-0.39, 0.29) is 18.2 Å². The number of hydrogen-bond donors (Lipinski definition) is 2. The van der Waals surface area contributed by atoms with Gasteiger partial charge in [0, 0.05) is 11.3 Å². The van der Waals surface area contributed by atoms with Gasteiger partial charge >= 0.3 is 0 Å². The molecule has 6 heteroatoms. The molecule has 0 heterocycles. The van der Waals surface area contributed by atoms with E-state index >= 15 is 0 Å². The minimum Gasteiger partial charge on any atom is -0.495 e. The van der Waals surface area contributed by atoms with E-state index in [1.807, 2.05) is 48.5 Å². The number of anilines is 1. The molecule has 0 spiro atoms. The number of fused-ring (bicyclic) bond motifs is 1. The van der Waals surface area contributed by atoms with Gasteiger partial charge in [0.2, 0.25) is 5.91 Å². The third kappa shape index (κ3) is 4.73. The summed E-state index contributed by atoms with van der Waals surface area (Å²) in [5, 5.41) is 8.84. The average molecular weight is 375 g/mol. The largest absolute Gasteiger partial charge is 0.495 e. The zero-order valence-electron chi connectivity index (χ0n) is 15.7. The molecule has 0 saturated heterocycles. The molecule has 6 nitrogen and oxygen atoms in total. The van der Waals surface area contributed by atoms with Gasteiger partial charge in [-0.3, -0.25) is 9.59 Å². The van der Waals surface area contributed by atoms with Gasteiger partial charge < -0.3 is 10.1 Å². The number of nitrogens with one attached hydrogen (secondary N) is 2. The number of amides is 2. The number of hydrazone groups is 1. The Morgan fingerprint density at radius 2 is 1.68 bits per heavy atom. The van der Waals surface area contributed by atoms with Crippen molar-refractivity contribution in [2.75, 3.05) is 12.4 Å². The van der Waals surface area contributed by atoms with Crippen molar-refractivity contribution < 1.29 is 14.3 Å². The van der Waals surface area contributed by atoms with E-state index in [4.69, 9.17) is 4.74 Å². The Labute approximate surface area is 163 Å². The molecule has 0 radical (unpaired) electrons. The van der Waals surface area contributed by atoms with Gasteiger partial charge in [-0.15, -0.1) is 0 Å². The summed E-state index contributed by atoms with van der Waals surface area (Å²) in [5.41, 5.74) is 4.08. The molecule has 0 fully saturated rings. The fourth-order valence-electron chi connectivity index (χ4n) is 2.76. The Kier molecular flexibility index (Phi) is 6.01. The lowest BCUT2D eigenvalue weighted by atomic mass is 10.1. The smallest absolute Gasteiger partial charge is 0.271 e. The first-order valence-corrected chi connectivity index (χ1v) is 8.82. The molecule has 28 heavy (non-hydrogen) atoms. The Morgan fingerprint density at radius 3 is 2.46 bits per heavy atom. The highest BCUT2D eigenvalue weighted by Crippen LogP contribution is 2.23. The first kappa shape index (κ1) is 19.1. The fraction of sp³-hybridized carbons (Fsp3) is 0.136. The van der Waals surface area contributed by atoms with Gasteiger partial charge in [0.25, 0.3) is 5.91 Å². The summed E-state index contributed by atoms with van der Waals surface area (Å²) >= 11 is 0. The lowest BCUT2D eigenvalue weighted by Gasteiger charge is -2.09. The highest BCUT2D eigenvalue weighted by molar-refractivity contribution is 6.06. The van der Waals surface area contributed by atoms with Crippen LogP contribution >= 0.6 is 0 Å². The molecule has 0 aromatic heterocycles. The number of carbonyl (C=O) groups is 2. The zero-order valence-corrected chi connectivity index (χ0v) is 15.7. The SMILES string of the molecule is COc1ccccc1NC(=O)CC(C)=NNC(=O)c1ccc2ccccc2c1. The van der Waals surface area contributed by atoms with E-state index in [1.165, 1.54) is 0 Å². The van der Waals surface area contributed by atoms with E-state index in [0.29, 0.717) is 22.7 Å². The summed E-state index contributed by atoms with van der Waals surface area (Å²) < 4.78 is 5.21. The van der Waals surface area contributed by atoms with Crippen LogP contribution in [0, 0.1) is 0 Å². The maximum atomic E-state index is 12.3. The van der Waals surface area contributed by atoms with Crippen molar-refractivity contribution in [2.24, 2.45) is 5.10 Å². The molecule has 3 rings (SSSR count). The molecule has 142 valence electrons. The topological polar surface area (TPSA) is 79.8 Å². The standard InChI is InChI=1S/C22H21N3O3/c1-15(13-21(26)23-19-9-5-6-10-20(19)28-2)24-25-22(27)18-12-11-16-7-3-4-8-17(16)14-18/h3-12,14H,13H2,1-2H3,(H,23,26)(H,25,27). The van der Waals surface area contributed by atoms with Crippen LogP contribution < -0.4 is 15.5 Å². The van der Waals surface area contributed by atoms with E-state index in [2.05, 4.69) is 15.8 Å². The van der Waals surface area contributed by atoms with Crippen molar-refractivity contribution in [3.05, 3.63) is 72.3 Å². The van der Waals surface area contributed by atoms with Crippen LogP contribution in [0.1, 0.15) is 23.7 Å². The van der Waals surface area contributed by atoms with Gasteiger partial charge in [0.1, 0.15) is 5.75 Å². The van der Waals surface area contributed by atoms with Crippen LogP contribution in [0.3, 0.4) is 0 Å². The van der Waals surface area contributed by atoms with Gasteiger partial charge in [-0.2, -0.15) is 5.10 Å². The molecule has 0 aliphatic rings. The molecule has 3 aromatic rings. The van der Waals surface area contributed by atoms with Crippen LogP contribution in [-0.4, -0.2) is 24.6 Å². The second kappa shape index (κ2) is 8.81. The number of rotatable bonds is 6. The second-order valence-electron chi connectivity index (χ2n) is 6.28. The molecule has 0 unspecified atom stereocenters. The molecule has 0 aliphatic carbocycles. The summed E-state index contributed by atoms with van der Waals surface area (Å²) in [4.78, 5) is 24.5. The summed E-state index contributed by atoms with van der Waals surface area (Å²) in [6.07, 6.45) is 0.0516. The Balaban J connectivity index is 1.59. The summed E-state index contributed by atoms with van der Waals surface area (Å²) in [5.74, 6) is 0.0102. The molecule has 3 aromatic carbocycles. The quantitative estimate of drug-likeness (QED) is 0.505. The number of hydrogen-bond acceptors (Lipinski definition) is 4. The predicted octanol–water partition coefficient (Wildman–Crippen LogP) is 3.98. The number of methoxy groups -OCH3 is 1. The van der Waals surface area contributed by atoms with Crippen LogP contribution in [0.15, 0.2) is 71.8 Å². The van der Waals surface area contributed by atoms with Crippen LogP contribution in [0.5, 0.6) is 5.75 Å². The van der Waals surface area contributed by atoms with Crippen LogP contribution in [0.25, 0.3) is 10.8 Å².